The van der Waals surface area contributed by atoms with Gasteiger partial charge in [-0.15, -0.1) is 6.42 Å². The lowest BCUT2D eigenvalue weighted by molar-refractivity contribution is -0.144. The molecular weight excluding hydrogens is 385 g/mol. The van der Waals surface area contributed by atoms with Gasteiger partial charge in [0.1, 0.15) is 12.2 Å². The lowest BCUT2D eigenvalue weighted by Crippen LogP contribution is -2.41. The first-order valence-corrected chi connectivity index (χ1v) is 7.97. The summed E-state index contributed by atoms with van der Waals surface area (Å²) in [6.07, 6.45) is 0.473. The first kappa shape index (κ1) is 18.8. The standard InChI is InChI=1S/C17H12ClF3N4O2/c1-3-6-25-12-5-4-10(7-11(12)15(18)22-25)9-24-14(26)8-13(17(19,20)21)23(2)16(24)27/h1,4-5,7-8H,6,9H2,2H3. The van der Waals surface area contributed by atoms with Crippen molar-refractivity contribution in [3.05, 3.63) is 61.5 Å². The molecule has 140 valence electrons. The van der Waals surface area contributed by atoms with Gasteiger partial charge in [-0.1, -0.05) is 23.6 Å². The van der Waals surface area contributed by atoms with E-state index >= 15 is 0 Å². The number of hydrogen-bond acceptors (Lipinski definition) is 3. The van der Waals surface area contributed by atoms with Gasteiger partial charge in [-0.25, -0.2) is 4.79 Å². The number of fused-ring (bicyclic) bond motifs is 1. The van der Waals surface area contributed by atoms with Crippen LogP contribution in [0.2, 0.25) is 5.15 Å². The summed E-state index contributed by atoms with van der Waals surface area (Å²) >= 11 is 6.09. The summed E-state index contributed by atoms with van der Waals surface area (Å²) in [6, 6.07) is 5.30. The highest BCUT2D eigenvalue weighted by Gasteiger charge is 2.34. The third-order valence-electron chi connectivity index (χ3n) is 4.05. The Bertz CT molecular complexity index is 1200. The molecule has 3 rings (SSSR count). The van der Waals surface area contributed by atoms with Gasteiger partial charge in [0.2, 0.25) is 0 Å². The van der Waals surface area contributed by atoms with Gasteiger partial charge in [0.05, 0.1) is 12.1 Å². The molecule has 0 aliphatic heterocycles. The van der Waals surface area contributed by atoms with Crippen LogP contribution < -0.4 is 11.2 Å². The van der Waals surface area contributed by atoms with Crippen molar-refractivity contribution in [3.63, 3.8) is 0 Å². The Labute approximate surface area is 155 Å². The third-order valence-corrected chi connectivity index (χ3v) is 4.33. The Balaban J connectivity index is 2.07. The molecule has 27 heavy (non-hydrogen) atoms. The predicted molar refractivity (Wildman–Crippen MR) is 93.6 cm³/mol. The summed E-state index contributed by atoms with van der Waals surface area (Å²) in [7, 11) is 0.963. The Morgan fingerprint density at radius 1 is 1.26 bits per heavy atom. The molecular formula is C17H12ClF3N4O2. The zero-order valence-corrected chi connectivity index (χ0v) is 14.7. The number of halogens is 4. The highest BCUT2D eigenvalue weighted by Crippen LogP contribution is 2.27. The maximum atomic E-state index is 12.9. The summed E-state index contributed by atoms with van der Waals surface area (Å²) in [6.45, 7) is -0.00228. The van der Waals surface area contributed by atoms with Gasteiger partial charge >= 0.3 is 11.9 Å². The number of benzene rings is 1. The molecule has 1 aromatic carbocycles. The summed E-state index contributed by atoms with van der Waals surface area (Å²) < 4.78 is 41.4. The normalized spacial score (nSPS) is 11.7. The largest absolute Gasteiger partial charge is 0.431 e. The molecule has 0 bridgehead atoms. The minimum absolute atomic E-state index is 0.190. The number of alkyl halides is 3. The van der Waals surface area contributed by atoms with Crippen LogP contribution in [0.1, 0.15) is 11.3 Å². The SMILES string of the molecule is C#CCn1nc(Cl)c2cc(Cn3c(=O)cc(C(F)(F)F)n(C)c3=O)ccc21. The van der Waals surface area contributed by atoms with Crippen LogP contribution in [-0.4, -0.2) is 18.9 Å². The van der Waals surface area contributed by atoms with Crippen molar-refractivity contribution in [1.29, 1.82) is 0 Å². The summed E-state index contributed by atoms with van der Waals surface area (Å²) in [4.78, 5) is 24.3. The van der Waals surface area contributed by atoms with E-state index in [1.54, 1.807) is 18.2 Å². The van der Waals surface area contributed by atoms with Crippen molar-refractivity contribution in [2.75, 3.05) is 0 Å². The van der Waals surface area contributed by atoms with Crippen LogP contribution >= 0.6 is 11.6 Å². The topological polar surface area (TPSA) is 61.8 Å². The fourth-order valence-electron chi connectivity index (χ4n) is 2.76. The van der Waals surface area contributed by atoms with Gasteiger partial charge in [0.15, 0.2) is 5.15 Å². The fraction of sp³-hybridized carbons (Fsp3) is 0.235. The van der Waals surface area contributed by atoms with E-state index in [2.05, 4.69) is 11.0 Å². The lowest BCUT2D eigenvalue weighted by Gasteiger charge is -2.14. The van der Waals surface area contributed by atoms with Crippen LogP contribution in [0.25, 0.3) is 10.9 Å². The molecule has 0 atom stereocenters. The summed E-state index contributed by atoms with van der Waals surface area (Å²) in [5.41, 5.74) is -2.25. The van der Waals surface area contributed by atoms with Gasteiger partial charge in [-0.2, -0.15) is 18.3 Å². The van der Waals surface area contributed by atoms with Crippen molar-refractivity contribution in [2.45, 2.75) is 19.3 Å². The zero-order chi connectivity index (χ0) is 19.9. The molecule has 6 nitrogen and oxygen atoms in total. The number of aromatic nitrogens is 4. The molecule has 0 aliphatic rings. The molecule has 0 saturated heterocycles. The fourth-order valence-corrected chi connectivity index (χ4v) is 3.01. The smallest absolute Gasteiger partial charge is 0.292 e. The minimum Gasteiger partial charge on any atom is -0.292 e. The van der Waals surface area contributed by atoms with E-state index in [1.165, 1.54) is 4.68 Å². The second-order valence-electron chi connectivity index (χ2n) is 5.80. The van der Waals surface area contributed by atoms with Crippen molar-refractivity contribution >= 4 is 22.5 Å². The predicted octanol–water partition coefficient (Wildman–Crippen LogP) is 2.25. The average molecular weight is 397 g/mol. The lowest BCUT2D eigenvalue weighted by atomic mass is 10.1. The van der Waals surface area contributed by atoms with Crippen LogP contribution in [-0.2, 0) is 26.3 Å². The second kappa shape index (κ2) is 6.63. The highest BCUT2D eigenvalue weighted by molar-refractivity contribution is 6.34. The van der Waals surface area contributed by atoms with Gasteiger partial charge in [0.25, 0.3) is 5.56 Å². The first-order valence-electron chi connectivity index (χ1n) is 7.60. The van der Waals surface area contributed by atoms with Crippen molar-refractivity contribution in [1.82, 2.24) is 18.9 Å². The number of terminal acetylenes is 1. The van der Waals surface area contributed by atoms with E-state index in [0.717, 1.165) is 11.6 Å². The zero-order valence-electron chi connectivity index (χ0n) is 13.9. The molecule has 0 aliphatic carbocycles. The minimum atomic E-state index is -4.80. The number of rotatable bonds is 3. The van der Waals surface area contributed by atoms with Crippen LogP contribution in [0.15, 0.2) is 33.9 Å². The van der Waals surface area contributed by atoms with Crippen LogP contribution in [0.3, 0.4) is 0 Å². The quantitative estimate of drug-likeness (QED) is 0.638. The highest BCUT2D eigenvalue weighted by atomic mass is 35.5. The van der Waals surface area contributed by atoms with Gasteiger partial charge in [-0.3, -0.25) is 18.6 Å². The van der Waals surface area contributed by atoms with Crippen LogP contribution in [0, 0.1) is 12.3 Å². The Morgan fingerprint density at radius 2 is 1.96 bits per heavy atom. The van der Waals surface area contributed by atoms with Crippen LogP contribution in [0.4, 0.5) is 13.2 Å². The third kappa shape index (κ3) is 3.36. The molecule has 0 fully saturated rings. The Morgan fingerprint density at radius 3 is 2.59 bits per heavy atom. The molecule has 10 heteroatoms. The monoisotopic (exact) mass is 396 g/mol. The van der Waals surface area contributed by atoms with E-state index in [9.17, 15) is 22.8 Å². The van der Waals surface area contributed by atoms with E-state index < -0.39 is 23.1 Å². The van der Waals surface area contributed by atoms with Gasteiger partial charge < -0.3 is 0 Å². The molecule has 0 radical (unpaired) electrons. The van der Waals surface area contributed by atoms with E-state index in [4.69, 9.17) is 18.0 Å². The summed E-state index contributed by atoms with van der Waals surface area (Å²) in [5, 5.41) is 4.84. The van der Waals surface area contributed by atoms with E-state index in [0.29, 0.717) is 27.1 Å². The molecule has 2 aromatic heterocycles. The van der Waals surface area contributed by atoms with Gasteiger partial charge in [0, 0.05) is 18.5 Å². The molecule has 0 spiro atoms. The van der Waals surface area contributed by atoms with E-state index in [-0.39, 0.29) is 18.2 Å². The summed E-state index contributed by atoms with van der Waals surface area (Å²) in [5.74, 6) is 2.44. The Kier molecular flexibility index (Phi) is 4.61. The molecule has 0 saturated carbocycles. The van der Waals surface area contributed by atoms with Crippen molar-refractivity contribution in [2.24, 2.45) is 7.05 Å². The molecule has 3 aromatic rings. The molecule has 0 amide bonds. The number of nitrogens with zero attached hydrogens (tertiary/aromatic N) is 4. The molecule has 0 unspecified atom stereocenters. The second-order valence-corrected chi connectivity index (χ2v) is 6.16. The van der Waals surface area contributed by atoms with E-state index in [1.807, 2.05) is 0 Å². The molecule has 0 N–H and O–H groups in total. The first-order chi connectivity index (χ1) is 12.6. The average Bonchev–Trinajstić information content (AvgIpc) is 2.90. The van der Waals surface area contributed by atoms with Crippen LogP contribution in [0.5, 0.6) is 0 Å². The number of hydrogen-bond donors (Lipinski definition) is 0. The maximum Gasteiger partial charge on any atom is 0.431 e. The molecule has 2 heterocycles. The van der Waals surface area contributed by atoms with Gasteiger partial charge in [-0.05, 0) is 17.7 Å². The van der Waals surface area contributed by atoms with Crippen molar-refractivity contribution in [3.8, 4) is 12.3 Å². The van der Waals surface area contributed by atoms with Crippen molar-refractivity contribution < 1.29 is 13.2 Å². The Hall–Kier alpha value is -2.99. The maximum absolute atomic E-state index is 12.9.